The van der Waals surface area contributed by atoms with Crippen molar-refractivity contribution in [2.24, 2.45) is 5.73 Å². The summed E-state index contributed by atoms with van der Waals surface area (Å²) >= 11 is 0. The van der Waals surface area contributed by atoms with E-state index in [4.69, 9.17) is 5.73 Å². The Labute approximate surface area is 86.4 Å². The third kappa shape index (κ3) is 1.59. The van der Waals surface area contributed by atoms with E-state index in [2.05, 4.69) is 4.98 Å². The minimum Gasteiger partial charge on any atom is -0.506 e. The number of hydrogen-bond acceptors (Lipinski definition) is 3. The molecule has 0 aliphatic heterocycles. The second-order valence-electron chi connectivity index (χ2n) is 3.57. The number of pyridine rings is 1. The van der Waals surface area contributed by atoms with Crippen LogP contribution < -0.4 is 11.3 Å². The van der Waals surface area contributed by atoms with Gasteiger partial charge in [0.25, 0.3) is 0 Å². The van der Waals surface area contributed by atoms with Crippen LogP contribution in [0.2, 0.25) is 0 Å². The molecule has 0 saturated carbocycles. The zero-order valence-corrected chi connectivity index (χ0v) is 8.32. The molecule has 2 rings (SSSR count). The van der Waals surface area contributed by atoms with Crippen LogP contribution in [-0.4, -0.2) is 10.1 Å². The molecule has 4 N–H and O–H groups in total. The van der Waals surface area contributed by atoms with E-state index in [1.807, 2.05) is 6.92 Å². The van der Waals surface area contributed by atoms with E-state index in [0.717, 1.165) is 10.9 Å². The largest absolute Gasteiger partial charge is 0.506 e. The van der Waals surface area contributed by atoms with E-state index >= 15 is 0 Å². The van der Waals surface area contributed by atoms with E-state index in [1.165, 1.54) is 12.1 Å². The van der Waals surface area contributed by atoms with Crippen LogP contribution in [0.25, 0.3) is 10.9 Å². The van der Waals surface area contributed by atoms with Crippen LogP contribution in [-0.2, 0) is 0 Å². The van der Waals surface area contributed by atoms with Gasteiger partial charge in [-0.25, -0.2) is 0 Å². The highest BCUT2D eigenvalue weighted by Crippen LogP contribution is 2.27. The Kier molecular flexibility index (Phi) is 2.21. The van der Waals surface area contributed by atoms with E-state index in [-0.39, 0.29) is 17.4 Å². The molecule has 1 aromatic heterocycles. The molecule has 0 fully saturated rings. The molecule has 0 radical (unpaired) electrons. The summed E-state index contributed by atoms with van der Waals surface area (Å²) in [5.41, 5.74) is 6.90. The number of aromatic nitrogens is 1. The van der Waals surface area contributed by atoms with E-state index in [1.54, 1.807) is 12.1 Å². The Morgan fingerprint density at radius 1 is 1.33 bits per heavy atom. The molecule has 78 valence electrons. The first-order valence-corrected chi connectivity index (χ1v) is 4.70. The van der Waals surface area contributed by atoms with Crippen LogP contribution in [0.4, 0.5) is 0 Å². The number of aromatic hydroxyl groups is 1. The number of fused-ring (bicyclic) bond motifs is 1. The fourth-order valence-electron chi connectivity index (χ4n) is 1.66. The van der Waals surface area contributed by atoms with Crippen LogP contribution in [0, 0.1) is 0 Å². The van der Waals surface area contributed by atoms with Crippen molar-refractivity contribution in [2.75, 3.05) is 0 Å². The second kappa shape index (κ2) is 3.40. The number of rotatable bonds is 1. The summed E-state index contributed by atoms with van der Waals surface area (Å²) in [7, 11) is 0. The lowest BCUT2D eigenvalue weighted by molar-refractivity contribution is 0.480. The van der Waals surface area contributed by atoms with Crippen LogP contribution in [0.5, 0.6) is 5.75 Å². The van der Waals surface area contributed by atoms with Gasteiger partial charge >= 0.3 is 0 Å². The van der Waals surface area contributed by atoms with E-state index in [0.29, 0.717) is 5.52 Å². The first-order valence-electron chi connectivity index (χ1n) is 4.70. The summed E-state index contributed by atoms with van der Waals surface area (Å²) in [6.07, 6.45) is 0. The van der Waals surface area contributed by atoms with Gasteiger partial charge in [0.1, 0.15) is 5.75 Å². The van der Waals surface area contributed by atoms with Gasteiger partial charge in [-0.1, -0.05) is 6.07 Å². The second-order valence-corrected chi connectivity index (χ2v) is 3.57. The smallest absolute Gasteiger partial charge is 0.248 e. The number of nitrogens with one attached hydrogen (secondary N) is 1. The summed E-state index contributed by atoms with van der Waals surface area (Å²) in [6.45, 7) is 1.86. The van der Waals surface area contributed by atoms with Gasteiger partial charge in [-0.3, -0.25) is 4.79 Å². The lowest BCUT2D eigenvalue weighted by atomic mass is 10.0. The van der Waals surface area contributed by atoms with Gasteiger partial charge < -0.3 is 15.8 Å². The molecular weight excluding hydrogens is 192 g/mol. The van der Waals surface area contributed by atoms with Crippen molar-refractivity contribution >= 4 is 10.9 Å². The highest BCUT2D eigenvalue weighted by molar-refractivity contribution is 5.87. The van der Waals surface area contributed by atoms with Gasteiger partial charge in [0.2, 0.25) is 5.56 Å². The summed E-state index contributed by atoms with van der Waals surface area (Å²) in [4.78, 5) is 13.7. The average Bonchev–Trinajstić information content (AvgIpc) is 2.19. The standard InChI is InChI=1S/C11H12N2O2/c1-6(12)7-2-4-9(14)11-8(7)3-5-10(15)13-11/h2-6,14H,12H2,1H3,(H,13,15). The molecule has 0 saturated heterocycles. The van der Waals surface area contributed by atoms with Crippen molar-refractivity contribution in [1.82, 2.24) is 4.98 Å². The molecule has 1 atom stereocenters. The summed E-state index contributed by atoms with van der Waals surface area (Å²) in [5.74, 6) is 0.0621. The van der Waals surface area contributed by atoms with E-state index < -0.39 is 0 Å². The number of hydrogen-bond donors (Lipinski definition) is 3. The lowest BCUT2D eigenvalue weighted by Gasteiger charge is -2.10. The number of phenols is 1. The Morgan fingerprint density at radius 2 is 2.07 bits per heavy atom. The topological polar surface area (TPSA) is 79.1 Å². The Hall–Kier alpha value is -1.81. The molecule has 1 unspecified atom stereocenters. The molecule has 4 heteroatoms. The molecule has 15 heavy (non-hydrogen) atoms. The molecule has 1 aromatic carbocycles. The van der Waals surface area contributed by atoms with Gasteiger partial charge in [-0.2, -0.15) is 0 Å². The fraction of sp³-hybridized carbons (Fsp3) is 0.182. The molecule has 0 amide bonds. The molecular formula is C11H12N2O2. The number of aromatic amines is 1. The highest BCUT2D eigenvalue weighted by Gasteiger charge is 2.08. The Balaban J connectivity index is 2.88. The van der Waals surface area contributed by atoms with Gasteiger partial charge in [0, 0.05) is 17.5 Å². The van der Waals surface area contributed by atoms with Crippen LogP contribution >= 0.6 is 0 Å². The molecule has 0 aliphatic carbocycles. The maximum Gasteiger partial charge on any atom is 0.248 e. The molecule has 0 bridgehead atoms. The number of nitrogens with two attached hydrogens (primary N) is 1. The van der Waals surface area contributed by atoms with Crippen molar-refractivity contribution in [1.29, 1.82) is 0 Å². The molecule has 4 nitrogen and oxygen atoms in total. The van der Waals surface area contributed by atoms with Gasteiger partial charge in [-0.15, -0.1) is 0 Å². The van der Waals surface area contributed by atoms with Crippen molar-refractivity contribution in [3.8, 4) is 5.75 Å². The normalized spacial score (nSPS) is 12.9. The maximum atomic E-state index is 11.1. The minimum absolute atomic E-state index is 0.0621. The molecule has 2 aromatic rings. The van der Waals surface area contributed by atoms with Crippen LogP contribution in [0.3, 0.4) is 0 Å². The molecule has 1 heterocycles. The number of benzene rings is 1. The maximum absolute atomic E-state index is 11.1. The SMILES string of the molecule is CC(N)c1ccc(O)c2[nH]c(=O)ccc12. The Bertz CT molecular complexity index is 558. The first-order chi connectivity index (χ1) is 7.09. The average molecular weight is 204 g/mol. The third-order valence-electron chi connectivity index (χ3n) is 2.40. The number of H-pyrrole nitrogens is 1. The van der Waals surface area contributed by atoms with E-state index in [9.17, 15) is 9.90 Å². The fourth-order valence-corrected chi connectivity index (χ4v) is 1.66. The van der Waals surface area contributed by atoms with Gasteiger partial charge in [0.05, 0.1) is 5.52 Å². The predicted octanol–water partition coefficient (Wildman–Crippen LogP) is 1.25. The molecule has 0 spiro atoms. The van der Waals surface area contributed by atoms with Crippen molar-refractivity contribution in [3.05, 3.63) is 40.2 Å². The van der Waals surface area contributed by atoms with Crippen LogP contribution in [0.1, 0.15) is 18.5 Å². The van der Waals surface area contributed by atoms with Gasteiger partial charge in [-0.05, 0) is 24.6 Å². The Morgan fingerprint density at radius 3 is 2.73 bits per heavy atom. The first kappa shape index (κ1) is 9.73. The van der Waals surface area contributed by atoms with Crippen molar-refractivity contribution in [2.45, 2.75) is 13.0 Å². The van der Waals surface area contributed by atoms with Gasteiger partial charge in [0.15, 0.2) is 0 Å². The lowest BCUT2D eigenvalue weighted by Crippen LogP contribution is -2.08. The summed E-state index contributed by atoms with van der Waals surface area (Å²) in [6, 6.07) is 6.26. The summed E-state index contributed by atoms with van der Waals surface area (Å²) in [5, 5.41) is 10.4. The molecule has 0 aliphatic rings. The predicted molar refractivity (Wildman–Crippen MR) is 58.8 cm³/mol. The third-order valence-corrected chi connectivity index (χ3v) is 2.40. The van der Waals surface area contributed by atoms with Crippen molar-refractivity contribution < 1.29 is 5.11 Å². The number of phenolic OH excluding ortho intramolecular Hbond substituents is 1. The van der Waals surface area contributed by atoms with Crippen LogP contribution in [0.15, 0.2) is 29.1 Å². The minimum atomic E-state index is -0.236. The van der Waals surface area contributed by atoms with Crippen molar-refractivity contribution in [3.63, 3.8) is 0 Å². The zero-order chi connectivity index (χ0) is 11.0. The highest BCUT2D eigenvalue weighted by atomic mass is 16.3. The zero-order valence-electron chi connectivity index (χ0n) is 8.32. The monoisotopic (exact) mass is 204 g/mol. The summed E-state index contributed by atoms with van der Waals surface area (Å²) < 4.78 is 0. The quantitative estimate of drug-likeness (QED) is 0.654.